The molecule has 1 fully saturated rings. The third kappa shape index (κ3) is 5.76. The Morgan fingerprint density at radius 3 is 2.78 bits per heavy atom. The Balaban J connectivity index is 1.90. The average Bonchev–Trinajstić information content (AvgIpc) is 2.53. The van der Waals surface area contributed by atoms with E-state index in [0.29, 0.717) is 18.8 Å². The number of carbonyl (C=O) groups excluding carboxylic acids is 1. The molecule has 1 saturated heterocycles. The zero-order valence-electron chi connectivity index (χ0n) is 12.7. The van der Waals surface area contributed by atoms with Crippen LogP contribution in [0.25, 0.3) is 0 Å². The van der Waals surface area contributed by atoms with Crippen LogP contribution in [0.5, 0.6) is 5.75 Å². The number of aliphatic hydroxyl groups excluding tert-OH is 1. The number of hydrogen-bond acceptors (Lipinski definition) is 4. The average molecular weight is 329 g/mol. The van der Waals surface area contributed by atoms with E-state index >= 15 is 0 Å². The number of halogens is 2. The molecule has 1 aromatic carbocycles. The van der Waals surface area contributed by atoms with Gasteiger partial charge in [0.25, 0.3) is 0 Å². The van der Waals surface area contributed by atoms with Gasteiger partial charge in [-0.2, -0.15) is 8.78 Å². The minimum absolute atomic E-state index is 0.0217. The van der Waals surface area contributed by atoms with Crippen LogP contribution in [-0.2, 0) is 16.0 Å². The first-order chi connectivity index (χ1) is 11.1. The van der Waals surface area contributed by atoms with Crippen LogP contribution in [0.4, 0.5) is 8.78 Å². The summed E-state index contributed by atoms with van der Waals surface area (Å²) in [5, 5.41) is 12.3. The second kappa shape index (κ2) is 8.79. The molecule has 0 spiro atoms. The number of amides is 1. The van der Waals surface area contributed by atoms with E-state index in [-0.39, 0.29) is 36.6 Å². The summed E-state index contributed by atoms with van der Waals surface area (Å²) in [7, 11) is 0. The van der Waals surface area contributed by atoms with Crippen LogP contribution in [0.3, 0.4) is 0 Å². The fraction of sp³-hybridized carbons (Fsp3) is 0.562. The largest absolute Gasteiger partial charge is 0.435 e. The Kier molecular flexibility index (Phi) is 6.73. The smallest absolute Gasteiger partial charge is 0.387 e. The first-order valence-corrected chi connectivity index (χ1v) is 7.60. The molecule has 1 heterocycles. The summed E-state index contributed by atoms with van der Waals surface area (Å²) in [4.78, 5) is 12.1. The van der Waals surface area contributed by atoms with E-state index in [4.69, 9.17) is 4.74 Å². The van der Waals surface area contributed by atoms with Crippen molar-refractivity contribution in [2.24, 2.45) is 5.92 Å². The molecule has 23 heavy (non-hydrogen) atoms. The molecular weight excluding hydrogens is 308 g/mol. The van der Waals surface area contributed by atoms with Crippen molar-refractivity contribution in [3.63, 3.8) is 0 Å². The first kappa shape index (κ1) is 17.6. The lowest BCUT2D eigenvalue weighted by Crippen LogP contribution is -2.45. The molecule has 1 amide bonds. The van der Waals surface area contributed by atoms with Gasteiger partial charge in [-0.3, -0.25) is 4.79 Å². The normalized spacial score (nSPS) is 17.0. The predicted molar refractivity (Wildman–Crippen MR) is 79.3 cm³/mol. The Morgan fingerprint density at radius 1 is 1.39 bits per heavy atom. The minimum atomic E-state index is -2.90. The molecule has 2 N–H and O–H groups in total. The zero-order valence-corrected chi connectivity index (χ0v) is 12.7. The van der Waals surface area contributed by atoms with Gasteiger partial charge < -0.3 is 19.9 Å². The summed E-state index contributed by atoms with van der Waals surface area (Å²) in [5.74, 6) is -0.0515. The van der Waals surface area contributed by atoms with Crippen LogP contribution in [0.15, 0.2) is 24.3 Å². The molecule has 0 unspecified atom stereocenters. The van der Waals surface area contributed by atoms with E-state index in [1.807, 2.05) is 0 Å². The number of carbonyl (C=O) groups is 1. The van der Waals surface area contributed by atoms with Gasteiger partial charge in [-0.1, -0.05) is 12.1 Å². The van der Waals surface area contributed by atoms with Crippen LogP contribution in [-0.4, -0.2) is 43.5 Å². The van der Waals surface area contributed by atoms with Gasteiger partial charge in [0.2, 0.25) is 5.91 Å². The van der Waals surface area contributed by atoms with E-state index in [0.717, 1.165) is 12.8 Å². The third-order valence-corrected chi connectivity index (χ3v) is 3.87. The SMILES string of the molecule is O=C(Cc1cccc(OC(F)F)c1)N[C@H](CO)C1CCOCC1. The van der Waals surface area contributed by atoms with Crippen molar-refractivity contribution in [2.75, 3.05) is 19.8 Å². The molecule has 1 aliphatic rings. The Morgan fingerprint density at radius 2 is 2.13 bits per heavy atom. The molecular formula is C16H21F2NO4. The minimum Gasteiger partial charge on any atom is -0.435 e. The van der Waals surface area contributed by atoms with Crippen molar-refractivity contribution in [2.45, 2.75) is 31.9 Å². The summed E-state index contributed by atoms with van der Waals surface area (Å²) in [5.41, 5.74) is 0.573. The molecule has 0 aliphatic carbocycles. The van der Waals surface area contributed by atoms with Gasteiger partial charge in [0.15, 0.2) is 0 Å². The van der Waals surface area contributed by atoms with Gasteiger partial charge in [0, 0.05) is 13.2 Å². The standard InChI is InChI=1S/C16H21F2NO4/c17-16(18)23-13-3-1-2-11(8-13)9-15(21)19-14(10-20)12-4-6-22-7-5-12/h1-3,8,12,14,16,20H,4-7,9-10H2,(H,19,21)/t14-/m1/s1. The Labute approximate surface area is 133 Å². The summed E-state index contributed by atoms with van der Waals surface area (Å²) < 4.78 is 34.0. The second-order valence-corrected chi connectivity index (χ2v) is 5.51. The van der Waals surface area contributed by atoms with Crippen molar-refractivity contribution >= 4 is 5.91 Å². The third-order valence-electron chi connectivity index (χ3n) is 3.87. The van der Waals surface area contributed by atoms with E-state index in [9.17, 15) is 18.7 Å². The van der Waals surface area contributed by atoms with Crippen LogP contribution in [0.2, 0.25) is 0 Å². The first-order valence-electron chi connectivity index (χ1n) is 7.60. The monoisotopic (exact) mass is 329 g/mol. The molecule has 0 bridgehead atoms. The number of aliphatic hydroxyl groups is 1. The molecule has 0 saturated carbocycles. The number of rotatable bonds is 7. The van der Waals surface area contributed by atoms with Gasteiger partial charge in [-0.05, 0) is 36.5 Å². The fourth-order valence-corrected chi connectivity index (χ4v) is 2.71. The van der Waals surface area contributed by atoms with E-state index in [2.05, 4.69) is 10.1 Å². The molecule has 7 heteroatoms. The lowest BCUT2D eigenvalue weighted by Gasteiger charge is -2.29. The van der Waals surface area contributed by atoms with Crippen molar-refractivity contribution < 1.29 is 28.2 Å². The van der Waals surface area contributed by atoms with Crippen molar-refractivity contribution in [3.05, 3.63) is 29.8 Å². The van der Waals surface area contributed by atoms with Gasteiger partial charge in [0.05, 0.1) is 19.1 Å². The molecule has 0 aromatic heterocycles. The maximum atomic E-state index is 12.2. The summed E-state index contributed by atoms with van der Waals surface area (Å²) in [6.07, 6.45) is 1.63. The Hall–Kier alpha value is -1.73. The number of alkyl halides is 2. The van der Waals surface area contributed by atoms with Gasteiger partial charge >= 0.3 is 6.61 Å². The maximum absolute atomic E-state index is 12.2. The van der Waals surface area contributed by atoms with Crippen molar-refractivity contribution in [1.82, 2.24) is 5.32 Å². The van der Waals surface area contributed by atoms with E-state index in [1.165, 1.54) is 12.1 Å². The predicted octanol–water partition coefficient (Wildman–Crippen LogP) is 1.73. The number of hydrogen-bond donors (Lipinski definition) is 2. The molecule has 1 atom stereocenters. The summed E-state index contributed by atoms with van der Waals surface area (Å²) >= 11 is 0. The lowest BCUT2D eigenvalue weighted by atomic mass is 9.92. The van der Waals surface area contributed by atoms with Crippen molar-refractivity contribution in [1.29, 1.82) is 0 Å². The zero-order chi connectivity index (χ0) is 16.7. The lowest BCUT2D eigenvalue weighted by molar-refractivity contribution is -0.122. The Bertz CT molecular complexity index is 507. The molecule has 128 valence electrons. The summed E-state index contributed by atoms with van der Waals surface area (Å²) in [6, 6.07) is 5.73. The highest BCUT2D eigenvalue weighted by atomic mass is 19.3. The second-order valence-electron chi connectivity index (χ2n) is 5.51. The van der Waals surface area contributed by atoms with Crippen LogP contribution in [0.1, 0.15) is 18.4 Å². The molecule has 2 rings (SSSR count). The van der Waals surface area contributed by atoms with Crippen LogP contribution < -0.4 is 10.1 Å². The van der Waals surface area contributed by atoms with E-state index in [1.54, 1.807) is 12.1 Å². The number of benzene rings is 1. The molecule has 0 radical (unpaired) electrons. The van der Waals surface area contributed by atoms with Crippen LogP contribution in [0, 0.1) is 5.92 Å². The molecule has 1 aromatic rings. The number of ether oxygens (including phenoxy) is 2. The van der Waals surface area contributed by atoms with Crippen LogP contribution >= 0.6 is 0 Å². The highest BCUT2D eigenvalue weighted by Crippen LogP contribution is 2.19. The quantitative estimate of drug-likeness (QED) is 0.799. The topological polar surface area (TPSA) is 67.8 Å². The highest BCUT2D eigenvalue weighted by Gasteiger charge is 2.24. The highest BCUT2D eigenvalue weighted by molar-refractivity contribution is 5.79. The van der Waals surface area contributed by atoms with E-state index < -0.39 is 6.61 Å². The summed E-state index contributed by atoms with van der Waals surface area (Å²) in [6.45, 7) is -1.77. The molecule has 5 nitrogen and oxygen atoms in total. The maximum Gasteiger partial charge on any atom is 0.387 e. The molecule has 1 aliphatic heterocycles. The number of nitrogens with one attached hydrogen (secondary N) is 1. The van der Waals surface area contributed by atoms with Gasteiger partial charge in [0.1, 0.15) is 5.75 Å². The van der Waals surface area contributed by atoms with Crippen molar-refractivity contribution in [3.8, 4) is 5.75 Å². The van der Waals surface area contributed by atoms with Gasteiger partial charge in [-0.25, -0.2) is 0 Å². The fourth-order valence-electron chi connectivity index (χ4n) is 2.71. The van der Waals surface area contributed by atoms with Gasteiger partial charge in [-0.15, -0.1) is 0 Å².